The molecule has 0 amide bonds. The molecule has 4 saturated carbocycles. The van der Waals surface area contributed by atoms with Gasteiger partial charge in [-0.1, -0.05) is 25.7 Å². The van der Waals surface area contributed by atoms with Crippen molar-refractivity contribution < 1.29 is 66.3 Å². The minimum absolute atomic E-state index is 0.200. The average molecular weight is 795 g/mol. The first-order chi connectivity index (χ1) is 27.5. The SMILES string of the molecule is C1CCC2(CC1)O[C@@H]1[C@H](O2)[C@H](OCCOCCOCCO[C@@H]2O[C@H]([C@H]3COC4(CCCCC4)O3)[C@@H]3OC4(CCCCC4)O[C@H]23)O[C@@H]1[C@H]1COC2(CCCCC2)O1. The summed E-state index contributed by atoms with van der Waals surface area (Å²) < 4.78 is 89.8. The second kappa shape index (κ2) is 17.1. The summed E-state index contributed by atoms with van der Waals surface area (Å²) in [4.78, 5) is 0. The first-order valence-corrected chi connectivity index (χ1v) is 22.6. The van der Waals surface area contributed by atoms with Gasteiger partial charge in [0.25, 0.3) is 0 Å². The highest BCUT2D eigenvalue weighted by atomic mass is 16.8. The molecule has 0 aromatic heterocycles. The summed E-state index contributed by atoms with van der Waals surface area (Å²) in [5.74, 6) is -2.04. The van der Waals surface area contributed by atoms with E-state index in [1.807, 2.05) is 0 Å². The molecule has 0 aromatic carbocycles. The third-order valence-electron chi connectivity index (χ3n) is 14.2. The van der Waals surface area contributed by atoms with Gasteiger partial charge in [-0.2, -0.15) is 0 Å². The first kappa shape index (κ1) is 39.6. The van der Waals surface area contributed by atoms with Crippen LogP contribution in [0.1, 0.15) is 128 Å². The minimum Gasteiger partial charge on any atom is -0.377 e. The molecule has 14 nitrogen and oxygen atoms in total. The Morgan fingerprint density at radius 3 is 1.07 bits per heavy atom. The van der Waals surface area contributed by atoms with Crippen molar-refractivity contribution in [2.24, 2.45) is 0 Å². The molecular formula is C42H66O14. The van der Waals surface area contributed by atoms with Crippen molar-refractivity contribution in [2.45, 2.75) is 213 Å². The Labute approximate surface area is 331 Å². The Hall–Kier alpha value is -0.560. The number of hydrogen-bond acceptors (Lipinski definition) is 14. The summed E-state index contributed by atoms with van der Waals surface area (Å²) in [6.45, 7) is 3.46. The lowest BCUT2D eigenvalue weighted by Crippen LogP contribution is -2.43. The number of fused-ring (bicyclic) bond motifs is 2. The van der Waals surface area contributed by atoms with Crippen LogP contribution in [0.3, 0.4) is 0 Å². The molecule has 10 atom stereocenters. The summed E-state index contributed by atoms with van der Waals surface area (Å²) in [5, 5.41) is 0. The molecule has 10 fully saturated rings. The van der Waals surface area contributed by atoms with E-state index in [1.54, 1.807) is 0 Å². The largest absolute Gasteiger partial charge is 0.377 e. The number of hydrogen-bond donors (Lipinski definition) is 0. The molecule has 4 spiro atoms. The van der Waals surface area contributed by atoms with Crippen LogP contribution < -0.4 is 0 Å². The van der Waals surface area contributed by atoms with E-state index in [-0.39, 0.29) is 48.8 Å². The normalized spacial score (nSPS) is 42.0. The second-order valence-electron chi connectivity index (χ2n) is 18.1. The van der Waals surface area contributed by atoms with Crippen LogP contribution in [-0.2, 0) is 66.3 Å². The Morgan fingerprint density at radius 2 is 0.679 bits per heavy atom. The predicted molar refractivity (Wildman–Crippen MR) is 195 cm³/mol. The van der Waals surface area contributed by atoms with Crippen LogP contribution in [0.2, 0.25) is 0 Å². The Balaban J connectivity index is 0.654. The smallest absolute Gasteiger partial charge is 0.187 e. The molecule has 0 bridgehead atoms. The maximum absolute atomic E-state index is 6.71. The summed E-state index contributed by atoms with van der Waals surface area (Å²) >= 11 is 0. The van der Waals surface area contributed by atoms with Crippen molar-refractivity contribution in [3.05, 3.63) is 0 Å². The zero-order valence-electron chi connectivity index (χ0n) is 33.3. The van der Waals surface area contributed by atoms with E-state index in [0.717, 1.165) is 103 Å². The fraction of sp³-hybridized carbons (Fsp3) is 1.00. The fourth-order valence-electron chi connectivity index (χ4n) is 11.3. The zero-order valence-corrected chi connectivity index (χ0v) is 33.3. The Morgan fingerprint density at radius 1 is 0.339 bits per heavy atom. The van der Waals surface area contributed by atoms with Crippen LogP contribution in [0.15, 0.2) is 0 Å². The maximum atomic E-state index is 6.71. The van der Waals surface area contributed by atoms with Crippen molar-refractivity contribution in [1.82, 2.24) is 0 Å². The highest BCUT2D eigenvalue weighted by Gasteiger charge is 2.64. The molecule has 4 aliphatic carbocycles. The Kier molecular flexibility index (Phi) is 12.1. The van der Waals surface area contributed by atoms with Gasteiger partial charge in [0.05, 0.1) is 52.9 Å². The van der Waals surface area contributed by atoms with Crippen LogP contribution in [0.4, 0.5) is 0 Å². The molecule has 6 saturated heterocycles. The number of ether oxygens (including phenoxy) is 14. The van der Waals surface area contributed by atoms with E-state index in [4.69, 9.17) is 66.3 Å². The third-order valence-corrected chi connectivity index (χ3v) is 14.2. The molecule has 0 unspecified atom stereocenters. The third kappa shape index (κ3) is 8.13. The monoisotopic (exact) mass is 794 g/mol. The fourth-order valence-corrected chi connectivity index (χ4v) is 11.3. The quantitative estimate of drug-likeness (QED) is 0.216. The van der Waals surface area contributed by atoms with Crippen LogP contribution in [0.5, 0.6) is 0 Å². The molecule has 0 radical (unpaired) electrons. The van der Waals surface area contributed by atoms with Gasteiger partial charge in [0.1, 0.15) is 48.8 Å². The standard InChI is InChI=1S/C42H66O14/c1-5-13-39(14-6-1)47-27-29(51-39)31-33-35(55-41(53-33)17-9-3-10-18-41)37(49-31)45-25-23-43-21-22-44-24-26-46-38-36-34(54-42(56-36)19-11-4-12-20-42)32(50-38)30-28-48-40(52-30)15-7-2-8-16-40/h29-38H,1-28H2/t29-,30-,31-,32-,33+,34+,35+,36+,37-,38-/m1/s1. The lowest BCUT2D eigenvalue weighted by molar-refractivity contribution is -0.270. The number of rotatable bonds is 13. The van der Waals surface area contributed by atoms with Gasteiger partial charge >= 0.3 is 0 Å². The van der Waals surface area contributed by atoms with E-state index in [9.17, 15) is 0 Å². The molecule has 6 aliphatic heterocycles. The van der Waals surface area contributed by atoms with Gasteiger partial charge in [-0.05, 0) is 51.4 Å². The molecular weight excluding hydrogens is 728 g/mol. The molecule has 318 valence electrons. The highest BCUT2D eigenvalue weighted by molar-refractivity contribution is 5.04. The van der Waals surface area contributed by atoms with Crippen molar-refractivity contribution in [1.29, 1.82) is 0 Å². The lowest BCUT2D eigenvalue weighted by atomic mass is 9.94. The predicted octanol–water partition coefficient (Wildman–Crippen LogP) is 5.54. The van der Waals surface area contributed by atoms with Gasteiger partial charge in [0.15, 0.2) is 35.7 Å². The summed E-state index contributed by atoms with van der Waals surface area (Å²) in [5.41, 5.74) is 0. The van der Waals surface area contributed by atoms with Gasteiger partial charge in [-0.3, -0.25) is 0 Å². The van der Waals surface area contributed by atoms with Gasteiger partial charge < -0.3 is 66.3 Å². The van der Waals surface area contributed by atoms with Crippen molar-refractivity contribution >= 4 is 0 Å². The second-order valence-corrected chi connectivity index (χ2v) is 18.1. The van der Waals surface area contributed by atoms with E-state index in [2.05, 4.69) is 0 Å². The molecule has 14 heteroatoms. The first-order valence-electron chi connectivity index (χ1n) is 22.6. The zero-order chi connectivity index (χ0) is 37.5. The van der Waals surface area contributed by atoms with E-state index < -0.39 is 35.7 Å². The average Bonchev–Trinajstić information content (AvgIpc) is 4.08. The lowest BCUT2D eigenvalue weighted by Gasteiger charge is -2.35. The summed E-state index contributed by atoms with van der Waals surface area (Å²) in [6, 6.07) is 0. The summed E-state index contributed by atoms with van der Waals surface area (Å²) in [6.07, 6.45) is 18.1. The molecule has 56 heavy (non-hydrogen) atoms. The van der Waals surface area contributed by atoms with Gasteiger partial charge in [-0.25, -0.2) is 0 Å². The molecule has 10 aliphatic rings. The maximum Gasteiger partial charge on any atom is 0.187 e. The van der Waals surface area contributed by atoms with Crippen LogP contribution >= 0.6 is 0 Å². The van der Waals surface area contributed by atoms with Crippen LogP contribution in [-0.4, -0.2) is 137 Å². The molecule has 0 aromatic rings. The van der Waals surface area contributed by atoms with Crippen LogP contribution in [0, 0.1) is 0 Å². The molecule has 10 rings (SSSR count). The topological polar surface area (TPSA) is 129 Å². The van der Waals surface area contributed by atoms with E-state index in [1.165, 1.54) is 25.7 Å². The van der Waals surface area contributed by atoms with Crippen molar-refractivity contribution in [2.75, 3.05) is 52.9 Å². The van der Waals surface area contributed by atoms with E-state index in [0.29, 0.717) is 52.9 Å². The highest BCUT2D eigenvalue weighted by Crippen LogP contribution is 2.51. The van der Waals surface area contributed by atoms with Gasteiger partial charge in [0, 0.05) is 51.4 Å². The molecule has 6 heterocycles. The van der Waals surface area contributed by atoms with Crippen molar-refractivity contribution in [3.8, 4) is 0 Å². The summed E-state index contributed by atoms with van der Waals surface area (Å²) in [7, 11) is 0. The van der Waals surface area contributed by atoms with Crippen LogP contribution in [0.25, 0.3) is 0 Å². The van der Waals surface area contributed by atoms with E-state index >= 15 is 0 Å². The minimum atomic E-state index is -0.546. The Bertz CT molecular complexity index is 1180. The van der Waals surface area contributed by atoms with Gasteiger partial charge in [0.2, 0.25) is 0 Å². The van der Waals surface area contributed by atoms with Crippen molar-refractivity contribution in [3.63, 3.8) is 0 Å². The van der Waals surface area contributed by atoms with Gasteiger partial charge in [-0.15, -0.1) is 0 Å². The molecule has 0 N–H and O–H groups in total.